The molecule has 1 heterocycles. The number of nitrogens with zero attached hydrogens (tertiary/aromatic N) is 1. The van der Waals surface area contributed by atoms with Crippen LogP contribution in [0.3, 0.4) is 0 Å². The second-order valence-electron chi connectivity index (χ2n) is 5.38. The van der Waals surface area contributed by atoms with Crippen molar-refractivity contribution in [2.75, 3.05) is 19.7 Å². The molecule has 8 heteroatoms. The van der Waals surface area contributed by atoms with Crippen LogP contribution in [0.25, 0.3) is 0 Å². The van der Waals surface area contributed by atoms with Crippen molar-refractivity contribution in [1.82, 2.24) is 9.99 Å². The maximum absolute atomic E-state index is 13.5. The average Bonchev–Trinajstić information content (AvgIpc) is 2.60. The standard InChI is InChI=1S/C16H21Cl2N2O3P/c1-2-23-24(22,20-11-7-4-8-12-20)16(14(17)18)19-15(21)13-9-5-3-6-10-13/h3,5-6,9-10H,2,4,7-8,11-12H2,1H3,(H,19,21)/t24-/m1/s1. The fourth-order valence-corrected chi connectivity index (χ4v) is 5.52. The Morgan fingerprint density at radius 2 is 1.83 bits per heavy atom. The third-order valence-corrected chi connectivity index (χ3v) is 7.03. The van der Waals surface area contributed by atoms with Crippen LogP contribution in [0, 0.1) is 0 Å². The van der Waals surface area contributed by atoms with Gasteiger partial charge in [0.2, 0.25) is 0 Å². The van der Waals surface area contributed by atoms with Gasteiger partial charge in [0, 0.05) is 18.7 Å². The van der Waals surface area contributed by atoms with Crippen LogP contribution in [0.2, 0.25) is 0 Å². The number of halogens is 2. The SMILES string of the molecule is CCO[P@](=O)(C(NC(=O)c1ccccc1)=C(Cl)Cl)N1CCCCC1. The van der Waals surface area contributed by atoms with E-state index in [2.05, 4.69) is 5.32 Å². The van der Waals surface area contributed by atoms with Crippen LogP contribution in [0.4, 0.5) is 0 Å². The van der Waals surface area contributed by atoms with Crippen molar-refractivity contribution < 1.29 is 13.9 Å². The zero-order chi connectivity index (χ0) is 17.6. The molecule has 1 amide bonds. The van der Waals surface area contributed by atoms with Crippen LogP contribution < -0.4 is 5.32 Å². The molecule has 1 atom stereocenters. The average molecular weight is 391 g/mol. The molecule has 1 fully saturated rings. The molecule has 0 spiro atoms. The Hall–Kier alpha value is -0.840. The molecule has 24 heavy (non-hydrogen) atoms. The van der Waals surface area contributed by atoms with E-state index in [4.69, 9.17) is 27.7 Å². The van der Waals surface area contributed by atoms with E-state index in [1.54, 1.807) is 41.9 Å². The molecule has 0 bridgehead atoms. The Bertz CT molecular complexity index is 642. The molecule has 0 saturated carbocycles. The predicted molar refractivity (Wildman–Crippen MR) is 97.3 cm³/mol. The van der Waals surface area contributed by atoms with Crippen molar-refractivity contribution in [2.45, 2.75) is 26.2 Å². The van der Waals surface area contributed by atoms with Crippen molar-refractivity contribution in [3.8, 4) is 0 Å². The summed E-state index contributed by atoms with van der Waals surface area (Å²) in [4.78, 5) is 12.4. The third kappa shape index (κ3) is 4.62. The zero-order valence-corrected chi connectivity index (χ0v) is 15.9. The van der Waals surface area contributed by atoms with Gasteiger partial charge in [-0.05, 0) is 31.9 Å². The number of hydrogen-bond donors (Lipinski definition) is 1. The van der Waals surface area contributed by atoms with Crippen LogP contribution in [-0.2, 0) is 9.09 Å². The zero-order valence-electron chi connectivity index (χ0n) is 13.5. The Kier molecular flexibility index (Phi) is 7.33. The number of rotatable bonds is 6. The summed E-state index contributed by atoms with van der Waals surface area (Å²) in [6.07, 6.45) is 2.90. The van der Waals surface area contributed by atoms with E-state index in [1.165, 1.54) is 0 Å². The molecular formula is C16H21Cl2N2O3P. The molecule has 0 unspecified atom stereocenters. The van der Waals surface area contributed by atoms with E-state index in [0.29, 0.717) is 18.7 Å². The van der Waals surface area contributed by atoms with Crippen LogP contribution in [-0.4, -0.2) is 30.3 Å². The van der Waals surface area contributed by atoms with E-state index in [1.807, 2.05) is 0 Å². The van der Waals surface area contributed by atoms with Crippen LogP contribution in [0.1, 0.15) is 36.5 Å². The highest BCUT2D eigenvalue weighted by molar-refractivity contribution is 7.61. The molecule has 2 rings (SSSR count). The van der Waals surface area contributed by atoms with Gasteiger partial charge < -0.3 is 9.84 Å². The number of piperidine rings is 1. The van der Waals surface area contributed by atoms with Crippen molar-refractivity contribution in [3.63, 3.8) is 0 Å². The Morgan fingerprint density at radius 1 is 1.21 bits per heavy atom. The summed E-state index contributed by atoms with van der Waals surface area (Å²) < 4.78 is 20.6. The highest BCUT2D eigenvalue weighted by Gasteiger charge is 2.39. The maximum Gasteiger partial charge on any atom is 0.320 e. The van der Waals surface area contributed by atoms with Gasteiger partial charge in [0.1, 0.15) is 9.93 Å². The monoisotopic (exact) mass is 390 g/mol. The lowest BCUT2D eigenvalue weighted by Gasteiger charge is -2.34. The summed E-state index contributed by atoms with van der Waals surface area (Å²) in [6, 6.07) is 8.60. The molecule has 132 valence electrons. The molecule has 0 aromatic heterocycles. The molecule has 1 aromatic carbocycles. The minimum Gasteiger partial charge on any atom is -0.314 e. The van der Waals surface area contributed by atoms with E-state index in [0.717, 1.165) is 19.3 Å². The second kappa shape index (κ2) is 9.02. The van der Waals surface area contributed by atoms with Crippen molar-refractivity contribution in [2.24, 2.45) is 0 Å². The molecule has 1 aliphatic heterocycles. The normalized spacial score (nSPS) is 17.8. The first kappa shape index (κ1) is 19.5. The van der Waals surface area contributed by atoms with Gasteiger partial charge in [-0.2, -0.15) is 0 Å². The van der Waals surface area contributed by atoms with E-state index in [-0.39, 0.29) is 16.5 Å². The van der Waals surface area contributed by atoms with Gasteiger partial charge in [-0.15, -0.1) is 0 Å². The van der Waals surface area contributed by atoms with Crippen molar-refractivity contribution >= 4 is 36.6 Å². The summed E-state index contributed by atoms with van der Waals surface area (Å²) in [6.45, 7) is 3.20. The van der Waals surface area contributed by atoms with Gasteiger partial charge in [0.25, 0.3) is 5.91 Å². The number of carbonyl (C=O) groups is 1. The minimum atomic E-state index is -3.52. The lowest BCUT2D eigenvalue weighted by molar-refractivity contribution is 0.0966. The van der Waals surface area contributed by atoms with Gasteiger partial charge in [-0.25, -0.2) is 4.67 Å². The van der Waals surface area contributed by atoms with Gasteiger partial charge in [-0.3, -0.25) is 9.36 Å². The molecular weight excluding hydrogens is 370 g/mol. The number of amides is 1. The lowest BCUT2D eigenvalue weighted by Crippen LogP contribution is -2.33. The molecule has 1 aromatic rings. The summed E-state index contributed by atoms with van der Waals surface area (Å²) in [5.74, 6) is -0.429. The molecule has 1 N–H and O–H groups in total. The van der Waals surface area contributed by atoms with Gasteiger partial charge in [0.05, 0.1) is 6.61 Å². The van der Waals surface area contributed by atoms with Crippen LogP contribution in [0.5, 0.6) is 0 Å². The highest BCUT2D eigenvalue weighted by atomic mass is 35.5. The minimum absolute atomic E-state index is 0.0524. The Morgan fingerprint density at radius 3 is 2.38 bits per heavy atom. The van der Waals surface area contributed by atoms with E-state index >= 15 is 0 Å². The summed E-state index contributed by atoms with van der Waals surface area (Å²) in [7, 11) is -3.52. The molecule has 1 saturated heterocycles. The van der Waals surface area contributed by atoms with Gasteiger partial charge >= 0.3 is 7.52 Å². The quantitative estimate of drug-likeness (QED) is 0.712. The van der Waals surface area contributed by atoms with E-state index in [9.17, 15) is 9.36 Å². The lowest BCUT2D eigenvalue weighted by atomic mass is 10.2. The molecule has 5 nitrogen and oxygen atoms in total. The first-order chi connectivity index (χ1) is 11.5. The number of benzene rings is 1. The summed E-state index contributed by atoms with van der Waals surface area (Å²) in [5, 5.41) is 2.60. The van der Waals surface area contributed by atoms with E-state index < -0.39 is 13.4 Å². The highest BCUT2D eigenvalue weighted by Crippen LogP contribution is 2.59. The summed E-state index contributed by atoms with van der Waals surface area (Å²) in [5.41, 5.74) is 0.370. The largest absolute Gasteiger partial charge is 0.320 e. The Balaban J connectivity index is 2.31. The Labute approximate surface area is 152 Å². The van der Waals surface area contributed by atoms with Crippen LogP contribution in [0.15, 0.2) is 40.3 Å². The first-order valence-electron chi connectivity index (χ1n) is 7.91. The molecule has 1 aliphatic rings. The first-order valence-corrected chi connectivity index (χ1v) is 10.2. The van der Waals surface area contributed by atoms with Crippen molar-refractivity contribution in [3.05, 3.63) is 45.8 Å². The summed E-state index contributed by atoms with van der Waals surface area (Å²) >= 11 is 11.9. The number of nitrogens with one attached hydrogen (secondary N) is 1. The molecule has 0 radical (unpaired) electrons. The number of hydrogen-bond acceptors (Lipinski definition) is 3. The predicted octanol–water partition coefficient (Wildman–Crippen LogP) is 4.74. The van der Waals surface area contributed by atoms with Crippen LogP contribution >= 0.6 is 30.7 Å². The smallest absolute Gasteiger partial charge is 0.314 e. The molecule has 0 aliphatic carbocycles. The van der Waals surface area contributed by atoms with Crippen molar-refractivity contribution in [1.29, 1.82) is 0 Å². The third-order valence-electron chi connectivity index (χ3n) is 3.74. The maximum atomic E-state index is 13.5. The number of carbonyl (C=O) groups excluding carboxylic acids is 1. The second-order valence-corrected chi connectivity index (χ2v) is 8.64. The van der Waals surface area contributed by atoms with Gasteiger partial charge in [0.15, 0.2) is 0 Å². The van der Waals surface area contributed by atoms with Gasteiger partial charge in [-0.1, -0.05) is 47.8 Å². The topological polar surface area (TPSA) is 58.6 Å². The fraction of sp³-hybridized carbons (Fsp3) is 0.438. The fourth-order valence-electron chi connectivity index (χ4n) is 2.60.